The molecule has 0 unspecified atom stereocenters. The van der Waals surface area contributed by atoms with E-state index >= 15 is 0 Å². The standard InChI is InChI=1S/C25H25F3N4O5S2/c26-25(27,28)37-18-6-8-19(9-7-18)39(35,36)32-13-12-31(15-21(32)23(33)34)24-29-20-10-11-30(16-22(20)38-24)14-17-4-2-1-3-5-17/h1-9,21H,10-16H2,(H,33,34)/t21-/m1/s1. The lowest BCUT2D eigenvalue weighted by Gasteiger charge is -2.38. The minimum Gasteiger partial charge on any atom is -0.480 e. The van der Waals surface area contributed by atoms with E-state index in [1.165, 1.54) is 16.9 Å². The zero-order valence-corrected chi connectivity index (χ0v) is 22.2. The van der Waals surface area contributed by atoms with Gasteiger partial charge in [-0.15, -0.1) is 24.5 Å². The maximum Gasteiger partial charge on any atom is 0.573 e. The molecule has 208 valence electrons. The number of piperazine rings is 1. The van der Waals surface area contributed by atoms with E-state index in [1.54, 1.807) is 4.90 Å². The van der Waals surface area contributed by atoms with Gasteiger partial charge in [-0.25, -0.2) is 13.4 Å². The van der Waals surface area contributed by atoms with E-state index in [1.807, 2.05) is 18.2 Å². The lowest BCUT2D eigenvalue weighted by Crippen LogP contribution is -2.58. The monoisotopic (exact) mass is 582 g/mol. The van der Waals surface area contributed by atoms with Gasteiger partial charge < -0.3 is 14.7 Å². The molecule has 0 saturated carbocycles. The second-order valence-electron chi connectivity index (χ2n) is 9.25. The fourth-order valence-electron chi connectivity index (χ4n) is 4.72. The lowest BCUT2D eigenvalue weighted by atomic mass is 10.1. The largest absolute Gasteiger partial charge is 0.573 e. The van der Waals surface area contributed by atoms with Crippen molar-refractivity contribution in [2.75, 3.05) is 31.1 Å². The Morgan fingerprint density at radius 3 is 2.46 bits per heavy atom. The summed E-state index contributed by atoms with van der Waals surface area (Å²) in [5.41, 5.74) is 2.19. The first kappa shape index (κ1) is 27.4. The fraction of sp³-hybridized carbons (Fsp3) is 0.360. The van der Waals surface area contributed by atoms with Crippen molar-refractivity contribution in [3.05, 3.63) is 70.7 Å². The highest BCUT2D eigenvalue weighted by molar-refractivity contribution is 7.89. The molecule has 9 nitrogen and oxygen atoms in total. The summed E-state index contributed by atoms with van der Waals surface area (Å²) in [5, 5.41) is 10.5. The Bertz CT molecular complexity index is 1430. The Balaban J connectivity index is 1.29. The molecule has 2 aromatic carbocycles. The molecular weight excluding hydrogens is 557 g/mol. The number of carbonyl (C=O) groups is 1. The van der Waals surface area contributed by atoms with Gasteiger partial charge in [0.2, 0.25) is 10.0 Å². The summed E-state index contributed by atoms with van der Waals surface area (Å²) in [6, 6.07) is 12.5. The molecule has 39 heavy (non-hydrogen) atoms. The van der Waals surface area contributed by atoms with Crippen LogP contribution in [0.1, 0.15) is 16.1 Å². The molecule has 1 saturated heterocycles. The normalized spacial score (nSPS) is 19.1. The fourth-order valence-corrected chi connectivity index (χ4v) is 7.47. The quantitative estimate of drug-likeness (QED) is 0.451. The number of ether oxygens (including phenoxy) is 1. The van der Waals surface area contributed by atoms with Gasteiger partial charge in [-0.2, -0.15) is 4.31 Å². The predicted octanol–water partition coefficient (Wildman–Crippen LogP) is 3.56. The van der Waals surface area contributed by atoms with Crippen molar-refractivity contribution in [1.82, 2.24) is 14.2 Å². The number of aliphatic carboxylic acids is 1. The van der Waals surface area contributed by atoms with Crippen LogP contribution in [0.3, 0.4) is 0 Å². The molecule has 0 radical (unpaired) electrons. The van der Waals surface area contributed by atoms with Crippen LogP contribution in [0.15, 0.2) is 59.5 Å². The van der Waals surface area contributed by atoms with Crippen LogP contribution < -0.4 is 9.64 Å². The topological polar surface area (TPSA) is 103 Å². The van der Waals surface area contributed by atoms with Gasteiger partial charge in [-0.3, -0.25) is 9.69 Å². The van der Waals surface area contributed by atoms with Gasteiger partial charge in [0.15, 0.2) is 5.13 Å². The number of rotatable bonds is 7. The van der Waals surface area contributed by atoms with Crippen molar-refractivity contribution >= 4 is 32.5 Å². The number of hydrogen-bond acceptors (Lipinski definition) is 8. The smallest absolute Gasteiger partial charge is 0.480 e. The number of nitrogens with zero attached hydrogens (tertiary/aromatic N) is 4. The Morgan fingerprint density at radius 2 is 1.79 bits per heavy atom. The molecule has 1 N–H and O–H groups in total. The van der Waals surface area contributed by atoms with Gasteiger partial charge >= 0.3 is 12.3 Å². The third kappa shape index (κ3) is 6.19. The van der Waals surface area contributed by atoms with Crippen molar-refractivity contribution in [3.8, 4) is 5.75 Å². The maximum absolute atomic E-state index is 13.2. The second-order valence-corrected chi connectivity index (χ2v) is 12.2. The molecule has 1 aromatic heterocycles. The molecule has 0 bridgehead atoms. The van der Waals surface area contributed by atoms with Gasteiger partial charge in [0.1, 0.15) is 11.8 Å². The highest BCUT2D eigenvalue weighted by Gasteiger charge is 2.41. The Labute approximate surface area is 227 Å². The minimum atomic E-state index is -4.92. The van der Waals surface area contributed by atoms with Crippen LogP contribution in [0.2, 0.25) is 0 Å². The molecule has 5 rings (SSSR count). The van der Waals surface area contributed by atoms with Gasteiger partial charge in [0.05, 0.1) is 10.6 Å². The molecule has 0 amide bonds. The van der Waals surface area contributed by atoms with Gasteiger partial charge in [0.25, 0.3) is 0 Å². The number of alkyl halides is 3. The predicted molar refractivity (Wildman–Crippen MR) is 137 cm³/mol. The van der Waals surface area contributed by atoms with E-state index in [2.05, 4.69) is 21.8 Å². The number of hydrogen-bond donors (Lipinski definition) is 1. The molecule has 14 heteroatoms. The number of fused-ring (bicyclic) bond motifs is 1. The zero-order valence-electron chi connectivity index (χ0n) is 20.5. The molecule has 3 aromatic rings. The Kier molecular flexibility index (Phi) is 7.55. The SMILES string of the molecule is O=C(O)[C@H]1CN(c2nc3c(s2)CN(Cc2ccccc2)CC3)CCN1S(=O)(=O)c1ccc(OC(F)(F)F)cc1. The minimum absolute atomic E-state index is 0.107. The molecular formula is C25H25F3N4O5S2. The van der Waals surface area contributed by atoms with Crippen molar-refractivity contribution < 1.29 is 36.2 Å². The van der Waals surface area contributed by atoms with E-state index < -0.39 is 34.1 Å². The lowest BCUT2D eigenvalue weighted by molar-refractivity contribution is -0.274. The summed E-state index contributed by atoms with van der Waals surface area (Å²) in [6.45, 7) is 2.38. The van der Waals surface area contributed by atoms with Crippen LogP contribution >= 0.6 is 11.3 Å². The van der Waals surface area contributed by atoms with E-state index in [4.69, 9.17) is 4.98 Å². The van der Waals surface area contributed by atoms with E-state index in [9.17, 15) is 31.5 Å². The summed E-state index contributed by atoms with van der Waals surface area (Å²) in [5.74, 6) is -1.90. The van der Waals surface area contributed by atoms with Crippen molar-refractivity contribution in [1.29, 1.82) is 0 Å². The Hall–Kier alpha value is -3.20. The molecule has 3 heterocycles. The molecule has 2 aliphatic heterocycles. The summed E-state index contributed by atoms with van der Waals surface area (Å²) >= 11 is 1.49. The maximum atomic E-state index is 13.2. The first-order valence-corrected chi connectivity index (χ1v) is 14.4. The molecule has 1 fully saturated rings. The van der Waals surface area contributed by atoms with Gasteiger partial charge in [-0.05, 0) is 29.8 Å². The number of carboxylic acid groups (broad SMARTS) is 1. The Morgan fingerprint density at radius 1 is 1.08 bits per heavy atom. The first-order chi connectivity index (χ1) is 18.5. The number of sulfonamides is 1. The van der Waals surface area contributed by atoms with Crippen LogP contribution in [-0.2, 0) is 34.3 Å². The number of halogens is 3. The van der Waals surface area contributed by atoms with Crippen LogP contribution in [0.5, 0.6) is 5.75 Å². The highest BCUT2D eigenvalue weighted by atomic mass is 32.2. The summed E-state index contributed by atoms with van der Waals surface area (Å²) in [6.07, 6.45) is -4.15. The van der Waals surface area contributed by atoms with Crippen molar-refractivity contribution in [3.63, 3.8) is 0 Å². The number of benzene rings is 2. The molecule has 0 aliphatic carbocycles. The number of thiazole rings is 1. The van der Waals surface area contributed by atoms with E-state index in [0.717, 1.165) is 65.2 Å². The van der Waals surface area contributed by atoms with Crippen LogP contribution in [0, 0.1) is 0 Å². The van der Waals surface area contributed by atoms with E-state index in [-0.39, 0.29) is 24.5 Å². The van der Waals surface area contributed by atoms with E-state index in [0.29, 0.717) is 5.13 Å². The molecule has 0 spiro atoms. The van der Waals surface area contributed by atoms with Gasteiger partial charge in [-0.1, -0.05) is 30.3 Å². The van der Waals surface area contributed by atoms with Crippen LogP contribution in [0.25, 0.3) is 0 Å². The third-order valence-electron chi connectivity index (χ3n) is 6.60. The van der Waals surface area contributed by atoms with Crippen molar-refractivity contribution in [2.24, 2.45) is 0 Å². The second kappa shape index (κ2) is 10.8. The van der Waals surface area contributed by atoms with Crippen LogP contribution in [0.4, 0.5) is 18.3 Å². The van der Waals surface area contributed by atoms with Crippen molar-refractivity contribution in [2.45, 2.75) is 36.8 Å². The van der Waals surface area contributed by atoms with Crippen LogP contribution in [-0.4, -0.2) is 72.3 Å². The average molecular weight is 583 g/mol. The highest BCUT2D eigenvalue weighted by Crippen LogP contribution is 2.34. The molecule has 1 atom stereocenters. The summed E-state index contributed by atoms with van der Waals surface area (Å²) in [7, 11) is -4.30. The average Bonchev–Trinajstić information content (AvgIpc) is 3.32. The van der Waals surface area contributed by atoms with Gasteiger partial charge in [0, 0.05) is 50.6 Å². The summed E-state index contributed by atoms with van der Waals surface area (Å²) < 4.78 is 68.5. The number of anilines is 1. The third-order valence-corrected chi connectivity index (χ3v) is 9.66. The zero-order chi connectivity index (χ0) is 27.8. The first-order valence-electron chi connectivity index (χ1n) is 12.1. The number of aromatic nitrogens is 1. The molecule has 2 aliphatic rings. The number of carboxylic acids is 1. The summed E-state index contributed by atoms with van der Waals surface area (Å²) in [4.78, 5) is 21.8.